The predicted octanol–water partition coefficient (Wildman–Crippen LogP) is 1.92. The summed E-state index contributed by atoms with van der Waals surface area (Å²) in [5, 5.41) is 0. The second-order valence-electron chi connectivity index (χ2n) is 5.55. The molecule has 1 aliphatic rings. The minimum Gasteiger partial charge on any atom is -0.341 e. The van der Waals surface area contributed by atoms with Gasteiger partial charge in [0.05, 0.1) is 12.0 Å². The van der Waals surface area contributed by atoms with E-state index in [1.165, 1.54) is 23.4 Å². The van der Waals surface area contributed by atoms with E-state index in [4.69, 9.17) is 0 Å². The fraction of sp³-hybridized carbons (Fsp3) is 0.353. The predicted molar refractivity (Wildman–Crippen MR) is 84.4 cm³/mol. The number of amides is 1. The van der Waals surface area contributed by atoms with E-state index in [9.17, 15) is 9.59 Å². The lowest BCUT2D eigenvalue weighted by Gasteiger charge is -2.26. The Morgan fingerprint density at radius 2 is 1.82 bits per heavy atom. The first-order valence-electron chi connectivity index (χ1n) is 7.64. The molecule has 2 heterocycles. The van der Waals surface area contributed by atoms with E-state index < -0.39 is 0 Å². The molecule has 22 heavy (non-hydrogen) atoms. The lowest BCUT2D eigenvalue weighted by atomic mass is 10.1. The Bertz CT molecular complexity index is 703. The number of hydrogen-bond acceptors (Lipinski definition) is 3. The van der Waals surface area contributed by atoms with Gasteiger partial charge in [0, 0.05) is 24.7 Å². The van der Waals surface area contributed by atoms with Gasteiger partial charge in [-0.3, -0.25) is 14.2 Å². The van der Waals surface area contributed by atoms with E-state index in [-0.39, 0.29) is 18.0 Å². The molecular formula is C17H19N3O2. The summed E-state index contributed by atoms with van der Waals surface area (Å²) >= 11 is 0. The molecule has 2 aromatic rings. The molecule has 1 saturated heterocycles. The van der Waals surface area contributed by atoms with Crippen LogP contribution in [0.4, 0.5) is 0 Å². The molecule has 0 radical (unpaired) electrons. The molecule has 114 valence electrons. The van der Waals surface area contributed by atoms with Gasteiger partial charge in [-0.15, -0.1) is 0 Å². The summed E-state index contributed by atoms with van der Waals surface area (Å²) in [6.07, 6.45) is 4.74. The molecule has 0 atom stereocenters. The summed E-state index contributed by atoms with van der Waals surface area (Å²) in [5.74, 6) is -0.00365. The number of piperidine rings is 1. The van der Waals surface area contributed by atoms with Crippen molar-refractivity contribution in [1.29, 1.82) is 0 Å². The van der Waals surface area contributed by atoms with Crippen LogP contribution in [0.25, 0.3) is 11.3 Å². The zero-order valence-electron chi connectivity index (χ0n) is 12.4. The Kier molecular flexibility index (Phi) is 4.32. The number of benzene rings is 1. The zero-order chi connectivity index (χ0) is 15.4. The van der Waals surface area contributed by atoms with Gasteiger partial charge in [0.15, 0.2) is 0 Å². The third-order valence-electron chi connectivity index (χ3n) is 3.96. The molecule has 0 aliphatic carbocycles. The minimum atomic E-state index is -0.195. The highest BCUT2D eigenvalue weighted by atomic mass is 16.2. The van der Waals surface area contributed by atoms with Crippen LogP contribution in [-0.2, 0) is 11.3 Å². The number of aromatic nitrogens is 2. The Hall–Kier alpha value is -2.43. The second kappa shape index (κ2) is 6.56. The molecular weight excluding hydrogens is 278 g/mol. The third kappa shape index (κ3) is 3.24. The van der Waals surface area contributed by atoms with Gasteiger partial charge in [0.2, 0.25) is 5.91 Å². The van der Waals surface area contributed by atoms with Crippen LogP contribution in [0, 0.1) is 0 Å². The van der Waals surface area contributed by atoms with Crippen molar-refractivity contribution in [2.24, 2.45) is 0 Å². The summed E-state index contributed by atoms with van der Waals surface area (Å²) in [6.45, 7) is 1.66. The largest absolute Gasteiger partial charge is 0.341 e. The van der Waals surface area contributed by atoms with Crippen LogP contribution in [0.3, 0.4) is 0 Å². The lowest BCUT2D eigenvalue weighted by molar-refractivity contribution is -0.132. The Labute approximate surface area is 129 Å². The molecule has 1 aromatic carbocycles. The number of rotatable bonds is 3. The van der Waals surface area contributed by atoms with Crippen molar-refractivity contribution >= 4 is 5.91 Å². The highest BCUT2D eigenvalue weighted by Gasteiger charge is 2.17. The van der Waals surface area contributed by atoms with E-state index >= 15 is 0 Å². The molecule has 0 spiro atoms. The van der Waals surface area contributed by atoms with Gasteiger partial charge >= 0.3 is 0 Å². The van der Waals surface area contributed by atoms with Crippen molar-refractivity contribution in [3.05, 3.63) is 53.1 Å². The van der Waals surface area contributed by atoms with Crippen LogP contribution < -0.4 is 5.56 Å². The highest BCUT2D eigenvalue weighted by molar-refractivity contribution is 5.76. The maximum atomic E-state index is 12.2. The number of nitrogens with zero attached hydrogens (tertiary/aromatic N) is 3. The topological polar surface area (TPSA) is 55.2 Å². The number of carbonyl (C=O) groups excluding carboxylic acids is 1. The van der Waals surface area contributed by atoms with E-state index in [1.807, 2.05) is 35.2 Å². The monoisotopic (exact) mass is 297 g/mol. The Morgan fingerprint density at radius 1 is 1.09 bits per heavy atom. The fourth-order valence-electron chi connectivity index (χ4n) is 2.70. The molecule has 5 nitrogen and oxygen atoms in total. The van der Waals surface area contributed by atoms with Gasteiger partial charge < -0.3 is 4.90 Å². The van der Waals surface area contributed by atoms with Crippen molar-refractivity contribution in [3.8, 4) is 11.3 Å². The average molecular weight is 297 g/mol. The molecule has 3 rings (SSSR count). The highest BCUT2D eigenvalue weighted by Crippen LogP contribution is 2.13. The first-order valence-corrected chi connectivity index (χ1v) is 7.64. The smallest absolute Gasteiger partial charge is 0.254 e. The van der Waals surface area contributed by atoms with E-state index in [2.05, 4.69) is 4.98 Å². The Morgan fingerprint density at radius 3 is 2.50 bits per heavy atom. The van der Waals surface area contributed by atoms with Gasteiger partial charge in [0.25, 0.3) is 5.56 Å². The van der Waals surface area contributed by atoms with Crippen LogP contribution in [0.15, 0.2) is 47.5 Å². The third-order valence-corrected chi connectivity index (χ3v) is 3.96. The van der Waals surface area contributed by atoms with Crippen molar-refractivity contribution in [3.63, 3.8) is 0 Å². The molecule has 1 amide bonds. The SMILES string of the molecule is O=C(Cn1cnc(-c2ccccc2)cc1=O)N1CCCCC1. The summed E-state index contributed by atoms with van der Waals surface area (Å²) in [6, 6.07) is 11.0. The normalized spacial score (nSPS) is 14.8. The molecule has 1 aromatic heterocycles. The van der Waals surface area contributed by atoms with E-state index in [0.29, 0.717) is 5.69 Å². The molecule has 0 saturated carbocycles. The van der Waals surface area contributed by atoms with Crippen LogP contribution in [0.2, 0.25) is 0 Å². The summed E-state index contributed by atoms with van der Waals surface area (Å²) in [4.78, 5) is 30.5. The number of likely N-dealkylation sites (tertiary alicyclic amines) is 1. The Balaban J connectivity index is 1.75. The molecule has 0 unspecified atom stereocenters. The molecule has 1 fully saturated rings. The van der Waals surface area contributed by atoms with Crippen molar-refractivity contribution < 1.29 is 4.79 Å². The minimum absolute atomic E-state index is 0.00365. The van der Waals surface area contributed by atoms with Crippen molar-refractivity contribution in [1.82, 2.24) is 14.5 Å². The van der Waals surface area contributed by atoms with Gasteiger partial charge in [-0.25, -0.2) is 4.98 Å². The van der Waals surface area contributed by atoms with Gasteiger partial charge in [-0.2, -0.15) is 0 Å². The summed E-state index contributed by atoms with van der Waals surface area (Å²) < 4.78 is 1.38. The summed E-state index contributed by atoms with van der Waals surface area (Å²) in [7, 11) is 0. The number of carbonyl (C=O) groups is 1. The first-order chi connectivity index (χ1) is 10.7. The molecule has 0 bridgehead atoms. The summed E-state index contributed by atoms with van der Waals surface area (Å²) in [5.41, 5.74) is 1.33. The van der Waals surface area contributed by atoms with Gasteiger partial charge in [0.1, 0.15) is 6.54 Å². The van der Waals surface area contributed by atoms with E-state index in [1.54, 1.807) is 0 Å². The van der Waals surface area contributed by atoms with Crippen molar-refractivity contribution in [2.45, 2.75) is 25.8 Å². The first kappa shape index (κ1) is 14.5. The second-order valence-corrected chi connectivity index (χ2v) is 5.55. The molecule has 1 aliphatic heterocycles. The van der Waals surface area contributed by atoms with Crippen molar-refractivity contribution in [2.75, 3.05) is 13.1 Å². The van der Waals surface area contributed by atoms with E-state index in [0.717, 1.165) is 31.5 Å². The van der Waals surface area contributed by atoms with Gasteiger partial charge in [-0.1, -0.05) is 30.3 Å². The fourth-order valence-corrected chi connectivity index (χ4v) is 2.70. The van der Waals surface area contributed by atoms with Crippen LogP contribution in [0.1, 0.15) is 19.3 Å². The maximum absolute atomic E-state index is 12.2. The lowest BCUT2D eigenvalue weighted by Crippen LogP contribution is -2.39. The van der Waals surface area contributed by atoms with Crippen LogP contribution in [-0.4, -0.2) is 33.4 Å². The molecule has 5 heteroatoms. The average Bonchev–Trinajstić information content (AvgIpc) is 2.58. The van der Waals surface area contributed by atoms with Gasteiger partial charge in [-0.05, 0) is 19.3 Å². The standard InChI is InChI=1S/C17H19N3O2/c21-16-11-15(14-7-3-1-4-8-14)18-13-20(16)12-17(22)19-9-5-2-6-10-19/h1,3-4,7-8,11,13H,2,5-6,9-10,12H2. The molecule has 0 N–H and O–H groups in total. The maximum Gasteiger partial charge on any atom is 0.254 e. The number of hydrogen-bond donors (Lipinski definition) is 0. The quantitative estimate of drug-likeness (QED) is 0.870. The van der Waals surface area contributed by atoms with Crippen LogP contribution >= 0.6 is 0 Å². The van der Waals surface area contributed by atoms with Crippen LogP contribution in [0.5, 0.6) is 0 Å². The zero-order valence-corrected chi connectivity index (χ0v) is 12.4.